The van der Waals surface area contributed by atoms with Gasteiger partial charge in [-0.2, -0.15) is 5.10 Å². The molecule has 2 heterocycles. The topological polar surface area (TPSA) is 41.3 Å². The molecule has 0 spiro atoms. The van der Waals surface area contributed by atoms with Crippen molar-refractivity contribution >= 4 is 0 Å². The Morgan fingerprint density at radius 2 is 1.96 bits per heavy atom. The van der Waals surface area contributed by atoms with Gasteiger partial charge in [0.15, 0.2) is 0 Å². The van der Waals surface area contributed by atoms with Crippen molar-refractivity contribution in [3.63, 3.8) is 0 Å². The van der Waals surface area contributed by atoms with Crippen LogP contribution in [0.1, 0.15) is 55.4 Å². The third-order valence-corrected chi connectivity index (χ3v) is 5.43. The van der Waals surface area contributed by atoms with Gasteiger partial charge in [0.05, 0.1) is 17.8 Å². The highest BCUT2D eigenvalue weighted by Gasteiger charge is 2.34. The summed E-state index contributed by atoms with van der Waals surface area (Å²) in [6.45, 7) is 0.967. The molecule has 1 aliphatic carbocycles. The number of hydrogen-bond donors (Lipinski definition) is 1. The van der Waals surface area contributed by atoms with E-state index in [1.165, 1.54) is 31.7 Å². The van der Waals surface area contributed by atoms with Crippen LogP contribution in [-0.2, 0) is 6.54 Å². The van der Waals surface area contributed by atoms with Gasteiger partial charge in [0, 0.05) is 30.9 Å². The molecule has 0 radical (unpaired) electrons. The molecule has 0 amide bonds. The maximum absolute atomic E-state index is 14.2. The van der Waals surface area contributed by atoms with E-state index in [1.807, 2.05) is 21.8 Å². The Morgan fingerprint density at radius 3 is 2.76 bits per heavy atom. The van der Waals surface area contributed by atoms with E-state index in [9.17, 15) is 13.9 Å². The van der Waals surface area contributed by atoms with Gasteiger partial charge in [0.2, 0.25) is 0 Å². The number of aromatic nitrogens is 2. The van der Waals surface area contributed by atoms with Gasteiger partial charge in [0.25, 0.3) is 0 Å². The summed E-state index contributed by atoms with van der Waals surface area (Å²) in [5, 5.41) is 14.7. The molecule has 2 atom stereocenters. The lowest BCUT2D eigenvalue weighted by Gasteiger charge is -2.24. The van der Waals surface area contributed by atoms with Crippen LogP contribution in [0.3, 0.4) is 0 Å². The lowest BCUT2D eigenvalue weighted by atomic mass is 10.0. The van der Waals surface area contributed by atoms with E-state index in [2.05, 4.69) is 5.10 Å². The molecule has 2 fully saturated rings. The van der Waals surface area contributed by atoms with E-state index >= 15 is 0 Å². The summed E-state index contributed by atoms with van der Waals surface area (Å²) >= 11 is 0. The zero-order chi connectivity index (χ0) is 17.4. The van der Waals surface area contributed by atoms with Crippen molar-refractivity contribution in [2.75, 3.05) is 6.54 Å². The van der Waals surface area contributed by atoms with Crippen LogP contribution in [0, 0.1) is 11.6 Å². The second-order valence-electron chi connectivity index (χ2n) is 7.23. The summed E-state index contributed by atoms with van der Waals surface area (Å²) in [6.07, 6.45) is 6.71. The van der Waals surface area contributed by atoms with E-state index in [-0.39, 0.29) is 6.04 Å². The predicted octanol–water partition coefficient (Wildman–Crippen LogP) is 3.58. The molecule has 6 heteroatoms. The molecule has 0 bridgehead atoms. The molecule has 2 aromatic rings. The molecule has 25 heavy (non-hydrogen) atoms. The first kappa shape index (κ1) is 16.7. The van der Waals surface area contributed by atoms with Crippen LogP contribution >= 0.6 is 0 Å². The maximum atomic E-state index is 14.2. The van der Waals surface area contributed by atoms with Crippen LogP contribution < -0.4 is 0 Å². The molecule has 1 aliphatic heterocycles. The van der Waals surface area contributed by atoms with Crippen molar-refractivity contribution in [3.8, 4) is 0 Å². The largest absolute Gasteiger partial charge is 0.392 e. The molecule has 1 N–H and O–H groups in total. The molecular weight excluding hydrogens is 324 g/mol. The Kier molecular flexibility index (Phi) is 4.56. The van der Waals surface area contributed by atoms with Gasteiger partial charge in [-0.1, -0.05) is 12.8 Å². The Hall–Kier alpha value is -1.79. The van der Waals surface area contributed by atoms with Gasteiger partial charge in [0.1, 0.15) is 11.6 Å². The summed E-state index contributed by atoms with van der Waals surface area (Å²) < 4.78 is 29.8. The van der Waals surface area contributed by atoms with E-state index in [0.717, 1.165) is 17.8 Å². The smallest absolute Gasteiger partial charge is 0.128 e. The summed E-state index contributed by atoms with van der Waals surface area (Å²) in [5.41, 5.74) is 1.22. The number of likely N-dealkylation sites (tertiary alicyclic amines) is 1. The van der Waals surface area contributed by atoms with Crippen LogP contribution in [-0.4, -0.2) is 32.4 Å². The first-order chi connectivity index (χ1) is 12.1. The third-order valence-electron chi connectivity index (χ3n) is 5.43. The summed E-state index contributed by atoms with van der Waals surface area (Å²) in [7, 11) is 0. The quantitative estimate of drug-likeness (QED) is 0.919. The predicted molar refractivity (Wildman–Crippen MR) is 89.9 cm³/mol. The molecule has 1 saturated carbocycles. The number of hydrogen-bond acceptors (Lipinski definition) is 3. The third kappa shape index (κ3) is 3.46. The second kappa shape index (κ2) is 6.84. The number of β-amino-alcohol motifs (C(OH)–C–C–N with tert-alkyl or cyclic N) is 1. The van der Waals surface area contributed by atoms with Gasteiger partial charge in [-0.15, -0.1) is 0 Å². The van der Waals surface area contributed by atoms with Crippen LogP contribution in [0.25, 0.3) is 0 Å². The minimum absolute atomic E-state index is 0.312. The number of aliphatic hydroxyl groups excluding tert-OH is 1. The van der Waals surface area contributed by atoms with Gasteiger partial charge in [-0.25, -0.2) is 8.78 Å². The Bertz CT molecular complexity index is 742. The number of rotatable bonds is 4. The molecular formula is C19H23F2N3O. The highest BCUT2D eigenvalue weighted by Crippen LogP contribution is 2.35. The molecule has 1 saturated heterocycles. The molecule has 2 aliphatic rings. The average Bonchev–Trinajstić information content (AvgIpc) is 3.30. The Labute approximate surface area is 146 Å². The maximum Gasteiger partial charge on any atom is 0.128 e. The number of aliphatic hydroxyl groups is 1. The Morgan fingerprint density at radius 1 is 1.16 bits per heavy atom. The fourth-order valence-electron chi connectivity index (χ4n) is 4.19. The minimum Gasteiger partial charge on any atom is -0.392 e. The summed E-state index contributed by atoms with van der Waals surface area (Å²) in [5.74, 6) is -0.884. The number of benzene rings is 1. The van der Waals surface area contributed by atoms with Crippen LogP contribution in [0.2, 0.25) is 0 Å². The van der Waals surface area contributed by atoms with Crippen molar-refractivity contribution in [2.45, 2.75) is 56.8 Å². The van der Waals surface area contributed by atoms with Gasteiger partial charge >= 0.3 is 0 Å². The Balaban J connectivity index is 1.53. The van der Waals surface area contributed by atoms with Crippen molar-refractivity contribution in [1.29, 1.82) is 0 Å². The molecule has 1 aromatic heterocycles. The van der Waals surface area contributed by atoms with Gasteiger partial charge < -0.3 is 5.11 Å². The highest BCUT2D eigenvalue weighted by molar-refractivity contribution is 5.24. The second-order valence-corrected chi connectivity index (χ2v) is 7.23. The molecule has 1 aromatic carbocycles. The molecule has 4 nitrogen and oxygen atoms in total. The normalized spacial score (nSPS) is 25.1. The minimum atomic E-state index is -0.537. The van der Waals surface area contributed by atoms with E-state index in [1.54, 1.807) is 0 Å². The van der Waals surface area contributed by atoms with Gasteiger partial charge in [-0.3, -0.25) is 9.58 Å². The fourth-order valence-corrected chi connectivity index (χ4v) is 4.19. The van der Waals surface area contributed by atoms with Crippen molar-refractivity contribution in [3.05, 3.63) is 53.4 Å². The summed E-state index contributed by atoms with van der Waals surface area (Å²) in [6, 6.07) is 5.65. The fraction of sp³-hybridized carbons (Fsp3) is 0.526. The van der Waals surface area contributed by atoms with E-state index < -0.39 is 17.7 Å². The van der Waals surface area contributed by atoms with Crippen molar-refractivity contribution < 1.29 is 13.9 Å². The SMILES string of the molecule is O[C@@H]1C[C@@H](c2cc(F)ccc2F)N(Cc2ccn(C3CCCC3)n2)C1. The van der Waals surface area contributed by atoms with Crippen LogP contribution in [0.15, 0.2) is 30.5 Å². The standard InChI is InChI=1S/C19H23F2N3O/c20-13-5-6-18(21)17(9-13)19-10-16(25)12-23(19)11-14-7-8-24(22-14)15-3-1-2-4-15/h5-9,15-16,19,25H,1-4,10-12H2/t16-,19+/m1/s1. The zero-order valence-corrected chi connectivity index (χ0v) is 14.1. The van der Waals surface area contributed by atoms with E-state index in [0.29, 0.717) is 31.1 Å². The molecule has 134 valence electrons. The van der Waals surface area contributed by atoms with E-state index in [4.69, 9.17) is 0 Å². The lowest BCUT2D eigenvalue weighted by Crippen LogP contribution is -2.25. The average molecular weight is 347 g/mol. The van der Waals surface area contributed by atoms with Crippen LogP contribution in [0.4, 0.5) is 8.78 Å². The first-order valence-corrected chi connectivity index (χ1v) is 9.01. The first-order valence-electron chi connectivity index (χ1n) is 9.01. The van der Waals surface area contributed by atoms with Crippen molar-refractivity contribution in [1.82, 2.24) is 14.7 Å². The van der Waals surface area contributed by atoms with Crippen LogP contribution in [0.5, 0.6) is 0 Å². The zero-order valence-electron chi connectivity index (χ0n) is 14.1. The highest BCUT2D eigenvalue weighted by atomic mass is 19.1. The number of halogens is 2. The monoisotopic (exact) mass is 347 g/mol. The number of nitrogens with zero attached hydrogens (tertiary/aromatic N) is 3. The van der Waals surface area contributed by atoms with Crippen molar-refractivity contribution in [2.24, 2.45) is 0 Å². The molecule has 4 rings (SSSR count). The lowest BCUT2D eigenvalue weighted by molar-refractivity contribution is 0.171. The van der Waals surface area contributed by atoms with Gasteiger partial charge in [-0.05, 0) is 43.5 Å². The summed E-state index contributed by atoms with van der Waals surface area (Å²) in [4.78, 5) is 1.99. The molecule has 0 unspecified atom stereocenters.